The number of nitrogens with zero attached hydrogens (tertiary/aromatic N) is 4. The summed E-state index contributed by atoms with van der Waals surface area (Å²) in [5, 5.41) is 4.25. The maximum atomic E-state index is 12.6. The topological polar surface area (TPSA) is 91.7 Å². The molecule has 0 aliphatic carbocycles. The number of aromatic nitrogens is 2. The minimum atomic E-state index is -1.09. The van der Waals surface area contributed by atoms with Crippen LogP contribution in [0.2, 0.25) is 0 Å². The highest BCUT2D eigenvalue weighted by Crippen LogP contribution is 2.21. The Labute approximate surface area is 162 Å². The van der Waals surface area contributed by atoms with Crippen LogP contribution in [0.15, 0.2) is 66.5 Å². The average Bonchev–Trinajstić information content (AvgIpc) is 2.67. The van der Waals surface area contributed by atoms with E-state index in [2.05, 4.69) is 38.9 Å². The number of benzene rings is 1. The van der Waals surface area contributed by atoms with Gasteiger partial charge in [0.15, 0.2) is 5.83 Å². The second-order valence-corrected chi connectivity index (χ2v) is 5.72. The maximum Gasteiger partial charge on any atom is 0.321 e. The van der Waals surface area contributed by atoms with Crippen molar-refractivity contribution in [2.75, 3.05) is 7.05 Å². The molecule has 1 heterocycles. The normalized spacial score (nSPS) is 10.4. The molecule has 1 aromatic heterocycles. The van der Waals surface area contributed by atoms with E-state index in [0.717, 1.165) is 11.1 Å². The number of nitrogens with one attached hydrogen (secondary N) is 2. The molecule has 9 heteroatoms. The lowest BCUT2D eigenvalue weighted by Crippen LogP contribution is -2.38. The number of aliphatic imine (C=N–C) groups is 1. The van der Waals surface area contributed by atoms with Crippen LogP contribution in [0.5, 0.6) is 11.8 Å². The Bertz CT molecular complexity index is 885. The SMILES string of the molecule is C=C(N=CN(C)NC(=O)C(=C)F)NCc1cc(Oc2ncccn2)ccc1C. The van der Waals surface area contributed by atoms with Crippen LogP contribution in [0.3, 0.4) is 0 Å². The molecule has 0 aliphatic heterocycles. The third-order valence-electron chi connectivity index (χ3n) is 3.47. The van der Waals surface area contributed by atoms with Crippen molar-refractivity contribution in [3.63, 3.8) is 0 Å². The molecule has 0 atom stereocenters. The Kier molecular flexibility index (Phi) is 7.21. The van der Waals surface area contributed by atoms with Gasteiger partial charge in [-0.25, -0.2) is 19.4 Å². The van der Waals surface area contributed by atoms with E-state index >= 15 is 0 Å². The number of carbonyl (C=O) groups excluding carboxylic acids is 1. The third-order valence-corrected chi connectivity index (χ3v) is 3.47. The first-order valence-electron chi connectivity index (χ1n) is 8.24. The van der Waals surface area contributed by atoms with Crippen LogP contribution < -0.4 is 15.5 Å². The number of carbonyl (C=O) groups is 1. The number of hydrazine groups is 1. The Morgan fingerprint density at radius 2 is 2.07 bits per heavy atom. The molecule has 0 unspecified atom stereocenters. The summed E-state index contributed by atoms with van der Waals surface area (Å²) in [5.74, 6) is -1.06. The molecule has 2 N–H and O–H groups in total. The highest BCUT2D eigenvalue weighted by molar-refractivity contribution is 5.90. The quantitative estimate of drug-likeness (QED) is 0.299. The Morgan fingerprint density at radius 3 is 2.75 bits per heavy atom. The predicted molar refractivity (Wildman–Crippen MR) is 104 cm³/mol. The molecular formula is C19H21FN6O2. The van der Waals surface area contributed by atoms with Crippen LogP contribution in [0.4, 0.5) is 4.39 Å². The van der Waals surface area contributed by atoms with Crippen LogP contribution in [-0.4, -0.2) is 34.3 Å². The zero-order valence-electron chi connectivity index (χ0n) is 15.6. The van der Waals surface area contributed by atoms with E-state index in [9.17, 15) is 9.18 Å². The molecule has 2 rings (SSSR count). The minimum Gasteiger partial charge on any atom is -0.424 e. The van der Waals surface area contributed by atoms with Crippen LogP contribution in [0.1, 0.15) is 11.1 Å². The number of ether oxygens (including phenoxy) is 1. The summed E-state index contributed by atoms with van der Waals surface area (Å²) in [6.45, 7) is 9.12. The molecular weight excluding hydrogens is 363 g/mol. The van der Waals surface area contributed by atoms with Crippen molar-refractivity contribution in [3.8, 4) is 11.8 Å². The third kappa shape index (κ3) is 6.52. The first-order valence-corrected chi connectivity index (χ1v) is 8.24. The van der Waals surface area contributed by atoms with Crippen molar-refractivity contribution in [3.05, 3.63) is 72.6 Å². The molecule has 0 aliphatic rings. The highest BCUT2D eigenvalue weighted by atomic mass is 19.1. The molecule has 28 heavy (non-hydrogen) atoms. The van der Waals surface area contributed by atoms with E-state index < -0.39 is 11.7 Å². The molecule has 0 radical (unpaired) electrons. The Morgan fingerprint density at radius 1 is 1.36 bits per heavy atom. The fraction of sp³-hybridized carbons (Fsp3) is 0.158. The standard InChI is InChI=1S/C19H21FN6O2/c1-13-6-7-17(28-19-21-8-5-9-22-19)10-16(13)11-23-15(3)24-12-26(4)25-18(27)14(2)20/h5-10,12,23H,2-3,11H2,1,4H3,(H,25,27). The van der Waals surface area contributed by atoms with Gasteiger partial charge in [-0.3, -0.25) is 15.2 Å². The maximum absolute atomic E-state index is 12.6. The largest absolute Gasteiger partial charge is 0.424 e. The van der Waals surface area contributed by atoms with E-state index in [0.29, 0.717) is 18.1 Å². The minimum absolute atomic E-state index is 0.264. The number of halogens is 1. The Hall–Kier alpha value is -3.75. The summed E-state index contributed by atoms with van der Waals surface area (Å²) in [6, 6.07) is 7.60. The van der Waals surface area contributed by atoms with Crippen molar-refractivity contribution in [2.45, 2.75) is 13.5 Å². The Balaban J connectivity index is 1.91. The van der Waals surface area contributed by atoms with Gasteiger partial charge in [0, 0.05) is 26.0 Å². The lowest BCUT2D eigenvalue weighted by molar-refractivity contribution is -0.121. The second kappa shape index (κ2) is 9.81. The molecule has 1 amide bonds. The zero-order chi connectivity index (χ0) is 20.5. The first-order chi connectivity index (χ1) is 13.3. The van der Waals surface area contributed by atoms with Crippen molar-refractivity contribution >= 4 is 12.2 Å². The summed E-state index contributed by atoms with van der Waals surface area (Å²) in [5.41, 5.74) is 4.25. The van der Waals surface area contributed by atoms with Gasteiger partial charge in [-0.05, 0) is 36.2 Å². The molecule has 0 saturated carbocycles. The fourth-order valence-corrected chi connectivity index (χ4v) is 1.99. The molecule has 146 valence electrons. The van der Waals surface area contributed by atoms with Crippen molar-refractivity contribution in [1.82, 2.24) is 25.7 Å². The summed E-state index contributed by atoms with van der Waals surface area (Å²) < 4.78 is 18.3. The van der Waals surface area contributed by atoms with Gasteiger partial charge in [0.2, 0.25) is 0 Å². The average molecular weight is 384 g/mol. The van der Waals surface area contributed by atoms with Crippen LogP contribution in [0.25, 0.3) is 0 Å². The number of rotatable bonds is 9. The molecule has 0 bridgehead atoms. The summed E-state index contributed by atoms with van der Waals surface area (Å²) >= 11 is 0. The van der Waals surface area contributed by atoms with Gasteiger partial charge in [-0.2, -0.15) is 0 Å². The molecule has 2 aromatic rings. The summed E-state index contributed by atoms with van der Waals surface area (Å²) in [6.07, 6.45) is 4.49. The van der Waals surface area contributed by atoms with Gasteiger partial charge in [0.1, 0.15) is 17.9 Å². The van der Waals surface area contributed by atoms with Crippen LogP contribution in [-0.2, 0) is 11.3 Å². The van der Waals surface area contributed by atoms with Gasteiger partial charge in [0.25, 0.3) is 5.91 Å². The van der Waals surface area contributed by atoms with E-state index in [1.165, 1.54) is 18.4 Å². The summed E-state index contributed by atoms with van der Waals surface area (Å²) in [7, 11) is 1.49. The highest BCUT2D eigenvalue weighted by Gasteiger charge is 2.07. The van der Waals surface area contributed by atoms with E-state index in [4.69, 9.17) is 4.74 Å². The van der Waals surface area contributed by atoms with E-state index in [1.54, 1.807) is 18.5 Å². The van der Waals surface area contributed by atoms with Gasteiger partial charge in [-0.1, -0.05) is 19.2 Å². The van der Waals surface area contributed by atoms with Gasteiger partial charge >= 0.3 is 6.01 Å². The van der Waals surface area contributed by atoms with Crippen molar-refractivity contribution in [1.29, 1.82) is 0 Å². The molecule has 0 spiro atoms. The zero-order valence-corrected chi connectivity index (χ0v) is 15.6. The van der Waals surface area contributed by atoms with Gasteiger partial charge < -0.3 is 10.1 Å². The lowest BCUT2D eigenvalue weighted by atomic mass is 10.1. The van der Waals surface area contributed by atoms with Crippen molar-refractivity contribution < 1.29 is 13.9 Å². The lowest BCUT2D eigenvalue weighted by Gasteiger charge is -2.14. The van der Waals surface area contributed by atoms with Gasteiger partial charge in [-0.15, -0.1) is 0 Å². The van der Waals surface area contributed by atoms with E-state index in [-0.39, 0.29) is 6.01 Å². The number of aryl methyl sites for hydroxylation is 1. The monoisotopic (exact) mass is 384 g/mol. The number of amides is 1. The fourth-order valence-electron chi connectivity index (χ4n) is 1.99. The number of hydrogen-bond donors (Lipinski definition) is 2. The van der Waals surface area contributed by atoms with Crippen LogP contribution >= 0.6 is 0 Å². The molecule has 0 saturated heterocycles. The molecule has 8 nitrogen and oxygen atoms in total. The number of hydrogen-bond acceptors (Lipinski definition) is 6. The van der Waals surface area contributed by atoms with Crippen molar-refractivity contribution in [2.24, 2.45) is 4.99 Å². The van der Waals surface area contributed by atoms with Gasteiger partial charge in [0.05, 0.1) is 0 Å². The predicted octanol–water partition coefficient (Wildman–Crippen LogP) is 2.61. The smallest absolute Gasteiger partial charge is 0.321 e. The summed E-state index contributed by atoms with van der Waals surface area (Å²) in [4.78, 5) is 23.3. The molecule has 0 fully saturated rings. The molecule has 1 aromatic carbocycles. The van der Waals surface area contributed by atoms with E-state index in [1.807, 2.05) is 25.1 Å². The first kappa shape index (κ1) is 20.6. The second-order valence-electron chi connectivity index (χ2n) is 5.72. The van der Waals surface area contributed by atoms with Crippen LogP contribution in [0, 0.1) is 6.92 Å².